The summed E-state index contributed by atoms with van der Waals surface area (Å²) in [6.45, 7) is 2.51. The zero-order chi connectivity index (χ0) is 4.28. The van der Waals surface area contributed by atoms with Gasteiger partial charge in [0.05, 0.1) is 0 Å². The first-order valence-electron chi connectivity index (χ1n) is 1.56. The minimum absolute atomic E-state index is 0.348. The average Bonchev–Trinajstić information content (AvgIpc) is 1.38. The summed E-state index contributed by atoms with van der Waals surface area (Å²) in [5.74, 6) is 0.348. The first-order chi connectivity index (χ1) is 2.27. The van der Waals surface area contributed by atoms with Gasteiger partial charge in [0.1, 0.15) is 0 Å². The monoisotopic (exact) mass is 324 g/mol. The van der Waals surface area contributed by atoms with Crippen LogP contribution in [0.2, 0.25) is 6.92 Å². The average molecular weight is 324 g/mol. The van der Waals surface area contributed by atoms with E-state index in [9.17, 15) is 4.79 Å². The van der Waals surface area contributed by atoms with Crippen molar-refractivity contribution in [3.63, 3.8) is 0 Å². The Balaban J connectivity index is 2.85. The molecule has 0 unspecified atom stereocenters. The van der Waals surface area contributed by atoms with E-state index in [0.717, 1.165) is 6.92 Å². The maximum atomic E-state index is 9.86. The first-order valence-corrected chi connectivity index (χ1v) is 6.08. The van der Waals surface area contributed by atoms with Gasteiger partial charge in [-0.25, -0.2) is 0 Å². The molecule has 0 aromatic heterocycles. The van der Waals surface area contributed by atoms with E-state index in [2.05, 4.69) is 0 Å². The molecule has 2 heteroatoms. The van der Waals surface area contributed by atoms with Crippen LogP contribution in [0.4, 0.5) is 0 Å². The summed E-state index contributed by atoms with van der Waals surface area (Å²) >= 11 is 0. The van der Waals surface area contributed by atoms with Crippen LogP contribution in [0.5, 0.6) is 0 Å². The molecule has 0 spiro atoms. The van der Waals surface area contributed by atoms with Crippen molar-refractivity contribution in [1.82, 2.24) is 0 Å². The van der Waals surface area contributed by atoms with Crippen LogP contribution in [0, 0.1) is 0 Å². The van der Waals surface area contributed by atoms with Crippen molar-refractivity contribution < 1.29 is 4.79 Å². The van der Waals surface area contributed by atoms with E-state index in [1.54, 1.807) is 6.92 Å². The molecule has 0 N–H and O–H groups in total. The molecular weight excluding hydrogens is 319 g/mol. The normalized spacial score (nSPS) is 7.80. The van der Waals surface area contributed by atoms with Gasteiger partial charge in [0.25, 0.3) is 0 Å². The summed E-state index contributed by atoms with van der Waals surface area (Å²) in [4.78, 5) is 9.86. The molecule has 1 nitrogen and oxygen atoms in total. The van der Waals surface area contributed by atoms with E-state index in [1.807, 2.05) is 0 Å². The molecule has 0 fully saturated rings. The standard InChI is InChI=1S/C3H5O.Rf/c1-3(2)4;/h1H2,2H3;. The van der Waals surface area contributed by atoms with E-state index >= 15 is 0 Å². The van der Waals surface area contributed by atoms with Gasteiger partial charge in [-0.3, -0.25) is 0 Å². The fraction of sp³-hybridized carbons (Fsp3) is 0.667. The van der Waals surface area contributed by atoms with Gasteiger partial charge in [-0.05, 0) is 0 Å². The van der Waals surface area contributed by atoms with Crippen molar-refractivity contribution in [3.8, 4) is 0 Å². The summed E-state index contributed by atoms with van der Waals surface area (Å²) in [6, 6.07) is 0. The Labute approximate surface area is 25.6 Å². The van der Waals surface area contributed by atoms with E-state index < -0.39 is 0 Å². The minimum atomic E-state index is 0.348. The van der Waals surface area contributed by atoms with Gasteiger partial charge in [0.15, 0.2) is 0 Å². The SMILES string of the molecule is CC(=O)[CH2][Rf]. The Kier molecular flexibility index (Phi) is 0.767. The Bertz CT molecular complexity index is 42.2. The van der Waals surface area contributed by atoms with Gasteiger partial charge < -0.3 is 0 Å². The number of rotatable bonds is 1. The number of carbonyl (C=O) groups is 1. The molecule has 0 aliphatic heterocycles. The first kappa shape index (κ1) is 3.67. The van der Waals surface area contributed by atoms with Crippen LogP contribution in [0.1, 0.15) is 6.92 Å². The van der Waals surface area contributed by atoms with Gasteiger partial charge in [-0.15, -0.1) is 0 Å². The third kappa shape index (κ3) is 2.67. The molecule has 0 aliphatic rings. The van der Waals surface area contributed by atoms with Crippen molar-refractivity contribution in [2.45, 2.75) is 13.8 Å². The van der Waals surface area contributed by atoms with E-state index in [4.69, 9.17) is 0 Å². The van der Waals surface area contributed by atoms with E-state index in [1.165, 1.54) is 0 Å². The molecule has 0 aromatic rings. The van der Waals surface area contributed by atoms with Gasteiger partial charge >= 0.3 is 24.4 Å². The Morgan fingerprint density at radius 2 is 2.20 bits per heavy atom. The van der Waals surface area contributed by atoms with Gasteiger partial charge in [0, 0.05) is 0 Å². The summed E-state index contributed by atoms with van der Waals surface area (Å²) in [6.07, 6.45) is 0. The van der Waals surface area contributed by atoms with Crippen molar-refractivity contribution in [2.75, 3.05) is 0 Å². The third-order valence-electron chi connectivity index (χ3n) is 0.352. The Morgan fingerprint density at radius 1 is 2.00 bits per heavy atom. The number of carbonyl (C=O) groups excluding carboxylic acids is 1. The summed E-state index contributed by atoms with van der Waals surface area (Å²) in [5.41, 5.74) is 0. The zero-order valence-electron chi connectivity index (χ0n) is 3.32. The van der Waals surface area contributed by atoms with Gasteiger partial charge in [-0.2, -0.15) is 0 Å². The Morgan fingerprint density at radius 3 is 2.20 bits per heavy atom. The van der Waals surface area contributed by atoms with Crippen molar-refractivity contribution >= 4 is 5.78 Å². The van der Waals surface area contributed by atoms with Gasteiger partial charge in [0.2, 0.25) is 0 Å². The number of Topliss-reactive ketones (excluding diaryl/α,β-unsaturated/α-hetero) is 1. The number of hydrogen-bond donors (Lipinski definition) is 0. The van der Waals surface area contributed by atoms with Crippen LogP contribution in [0.15, 0.2) is 0 Å². The molecule has 25 valence electrons. The predicted molar refractivity (Wildman–Crippen MR) is 15.5 cm³/mol. The molecule has 5 heavy (non-hydrogen) atoms. The molecular formula is C3H5ORf. The van der Waals surface area contributed by atoms with Crippen molar-refractivity contribution in [3.05, 3.63) is 0 Å². The second-order valence-electron chi connectivity index (χ2n) is 0.952. The molecule has 0 bridgehead atoms. The van der Waals surface area contributed by atoms with Crippen LogP contribution in [0.25, 0.3) is 0 Å². The molecule has 0 atom stereocenters. The predicted octanol–water partition coefficient (Wildman–Crippen LogP) is 0.543. The molecule has 0 rings (SSSR count). The number of ketones is 1. The van der Waals surface area contributed by atoms with E-state index in [0.29, 0.717) is 5.78 Å². The van der Waals surface area contributed by atoms with Crippen LogP contribution >= 0.6 is 0 Å². The second kappa shape index (κ2) is 1.04. The second-order valence-corrected chi connectivity index (χ2v) is 3.21. The van der Waals surface area contributed by atoms with Crippen molar-refractivity contribution in [1.29, 1.82) is 0 Å². The third-order valence-corrected chi connectivity index (χ3v) is 3.54. The molecule has 0 aliphatic carbocycles. The van der Waals surface area contributed by atoms with Crippen molar-refractivity contribution in [2.24, 2.45) is 0 Å². The van der Waals surface area contributed by atoms with Crippen LogP contribution < -0.4 is 0 Å². The maximum absolute atomic E-state index is 9.86. The number of hydrogen-bond acceptors (Lipinski definition) is 1. The van der Waals surface area contributed by atoms with Gasteiger partial charge in [-0.1, -0.05) is 0 Å². The van der Waals surface area contributed by atoms with E-state index in [-0.39, 0.29) is 0 Å². The topological polar surface area (TPSA) is 17.1 Å². The fourth-order valence-electron chi connectivity index (χ4n) is 0. The zero-order valence-corrected chi connectivity index (χ0v) is 9.72. The quantitative estimate of drug-likeness (QED) is 0.688. The molecule has 0 saturated heterocycles. The summed E-state index contributed by atoms with van der Waals surface area (Å²) < 4.78 is 0.606. The molecule has 0 saturated carbocycles. The Hall–Kier alpha value is -1.33. The van der Waals surface area contributed by atoms with Crippen LogP contribution in [-0.4, -0.2) is 5.78 Å². The fourth-order valence-corrected chi connectivity index (χ4v) is 0. The summed E-state index contributed by atoms with van der Waals surface area (Å²) in [7, 11) is 0. The molecule has 0 radical (unpaired) electrons. The van der Waals surface area contributed by atoms with Crippen LogP contribution in [0.3, 0.4) is 0 Å². The molecule has 0 aromatic carbocycles. The molecule has 0 amide bonds. The molecule has 0 heterocycles. The summed E-state index contributed by atoms with van der Waals surface area (Å²) in [5, 5.41) is 0. The van der Waals surface area contributed by atoms with Crippen LogP contribution in [-0.2, 0) is 4.79 Å².